The number of ether oxygens (including phenoxy) is 1. The van der Waals surface area contributed by atoms with Crippen LogP contribution in [0.5, 0.6) is 11.5 Å². The summed E-state index contributed by atoms with van der Waals surface area (Å²) in [6, 6.07) is 21.8. The van der Waals surface area contributed by atoms with Crippen molar-refractivity contribution in [2.75, 3.05) is 10.6 Å². The number of amides is 1. The maximum Gasteiger partial charge on any atom is 0.255 e. The van der Waals surface area contributed by atoms with Gasteiger partial charge < -0.3 is 15.4 Å². The molecule has 6 nitrogen and oxygen atoms in total. The number of aromatic nitrogens is 2. The van der Waals surface area contributed by atoms with Crippen LogP contribution in [0.1, 0.15) is 10.4 Å². The molecule has 0 atom stereocenters. The maximum absolute atomic E-state index is 12.6. The summed E-state index contributed by atoms with van der Waals surface area (Å²) in [5.41, 5.74) is 3.04. The molecule has 0 saturated heterocycles. The summed E-state index contributed by atoms with van der Waals surface area (Å²) in [7, 11) is 0. The second-order valence-electron chi connectivity index (χ2n) is 6.21. The van der Waals surface area contributed by atoms with Crippen LogP contribution >= 0.6 is 0 Å². The van der Waals surface area contributed by atoms with Gasteiger partial charge in [-0.2, -0.15) is 0 Å². The number of nitrogens with zero attached hydrogens (tertiary/aromatic N) is 2. The first-order valence-electron chi connectivity index (χ1n) is 9.03. The molecule has 0 spiro atoms. The van der Waals surface area contributed by atoms with Crippen molar-refractivity contribution in [2.24, 2.45) is 0 Å². The van der Waals surface area contributed by atoms with Crippen molar-refractivity contribution >= 4 is 23.0 Å². The number of pyridine rings is 2. The largest absolute Gasteiger partial charge is 0.457 e. The number of anilines is 3. The van der Waals surface area contributed by atoms with E-state index in [-0.39, 0.29) is 5.91 Å². The minimum Gasteiger partial charge on any atom is -0.457 e. The van der Waals surface area contributed by atoms with Crippen LogP contribution in [0.3, 0.4) is 0 Å². The topological polar surface area (TPSA) is 76.1 Å². The van der Waals surface area contributed by atoms with Crippen molar-refractivity contribution in [3.8, 4) is 11.5 Å². The Labute approximate surface area is 168 Å². The number of benzene rings is 2. The average molecular weight is 382 g/mol. The third kappa shape index (κ3) is 4.95. The highest BCUT2D eigenvalue weighted by Gasteiger charge is 2.07. The van der Waals surface area contributed by atoms with Gasteiger partial charge in [0.1, 0.15) is 11.5 Å². The van der Waals surface area contributed by atoms with Crippen LogP contribution in [0.4, 0.5) is 17.1 Å². The van der Waals surface area contributed by atoms with Crippen LogP contribution < -0.4 is 15.4 Å². The minimum atomic E-state index is -0.193. The minimum absolute atomic E-state index is 0.193. The van der Waals surface area contributed by atoms with Gasteiger partial charge in [0.15, 0.2) is 0 Å². The van der Waals surface area contributed by atoms with E-state index in [1.165, 1.54) is 0 Å². The first-order chi connectivity index (χ1) is 14.3. The Balaban J connectivity index is 1.40. The third-order valence-electron chi connectivity index (χ3n) is 4.09. The van der Waals surface area contributed by atoms with Gasteiger partial charge in [-0.05, 0) is 60.7 Å². The molecule has 0 aliphatic heterocycles. The summed E-state index contributed by atoms with van der Waals surface area (Å²) in [5, 5.41) is 6.15. The zero-order valence-electron chi connectivity index (χ0n) is 15.4. The first-order valence-corrected chi connectivity index (χ1v) is 9.03. The standard InChI is InChI=1S/C23H18N4O2/c28-23(17-4-6-18(7-5-17)26-19-8-12-24-13-9-19)27-20-2-1-3-22(16-20)29-21-10-14-25-15-11-21/h1-16H,(H,24,26)(H,27,28). The SMILES string of the molecule is O=C(Nc1cccc(Oc2ccncc2)c1)c1ccc(Nc2ccncc2)cc1. The number of carbonyl (C=O) groups excluding carboxylic acids is 1. The molecule has 142 valence electrons. The fourth-order valence-electron chi connectivity index (χ4n) is 2.69. The van der Waals surface area contributed by atoms with Gasteiger partial charge in [0.05, 0.1) is 0 Å². The van der Waals surface area contributed by atoms with Crippen molar-refractivity contribution in [3.63, 3.8) is 0 Å². The van der Waals surface area contributed by atoms with Crippen LogP contribution in [-0.4, -0.2) is 15.9 Å². The van der Waals surface area contributed by atoms with Crippen molar-refractivity contribution in [1.29, 1.82) is 0 Å². The molecule has 0 unspecified atom stereocenters. The van der Waals surface area contributed by atoms with E-state index >= 15 is 0 Å². The van der Waals surface area contributed by atoms with E-state index in [0.717, 1.165) is 11.4 Å². The molecular weight excluding hydrogens is 364 g/mol. The van der Waals surface area contributed by atoms with Gasteiger partial charge >= 0.3 is 0 Å². The molecule has 0 radical (unpaired) electrons. The van der Waals surface area contributed by atoms with Gasteiger partial charge in [0.2, 0.25) is 0 Å². The molecule has 6 heteroatoms. The number of hydrogen-bond donors (Lipinski definition) is 2. The Morgan fingerprint density at radius 2 is 1.34 bits per heavy atom. The predicted molar refractivity (Wildman–Crippen MR) is 113 cm³/mol. The third-order valence-corrected chi connectivity index (χ3v) is 4.09. The summed E-state index contributed by atoms with van der Waals surface area (Å²) in [6.45, 7) is 0. The Bertz CT molecular complexity index is 1080. The van der Waals surface area contributed by atoms with E-state index in [1.807, 2.05) is 42.5 Å². The van der Waals surface area contributed by atoms with Crippen molar-refractivity contribution in [1.82, 2.24) is 9.97 Å². The van der Waals surface area contributed by atoms with Gasteiger partial charge in [0, 0.05) is 53.5 Å². The predicted octanol–water partition coefficient (Wildman–Crippen LogP) is 5.26. The summed E-state index contributed by atoms with van der Waals surface area (Å²) in [6.07, 6.45) is 6.76. The van der Waals surface area contributed by atoms with E-state index < -0.39 is 0 Å². The molecule has 2 N–H and O–H groups in total. The lowest BCUT2D eigenvalue weighted by Gasteiger charge is -2.10. The van der Waals surface area contributed by atoms with E-state index in [9.17, 15) is 4.79 Å². The molecule has 0 saturated carbocycles. The van der Waals surface area contributed by atoms with Crippen molar-refractivity contribution in [2.45, 2.75) is 0 Å². The molecule has 2 heterocycles. The molecule has 0 bridgehead atoms. The second kappa shape index (κ2) is 8.67. The highest BCUT2D eigenvalue weighted by molar-refractivity contribution is 6.04. The molecule has 4 rings (SSSR count). The van der Waals surface area contributed by atoms with E-state index in [4.69, 9.17) is 4.74 Å². The van der Waals surface area contributed by atoms with E-state index in [1.54, 1.807) is 55.1 Å². The molecule has 0 aliphatic carbocycles. The van der Waals surface area contributed by atoms with Crippen LogP contribution in [0.25, 0.3) is 0 Å². The highest BCUT2D eigenvalue weighted by atomic mass is 16.5. The average Bonchev–Trinajstić information content (AvgIpc) is 2.76. The fourth-order valence-corrected chi connectivity index (χ4v) is 2.69. The first kappa shape index (κ1) is 18.2. The van der Waals surface area contributed by atoms with Crippen LogP contribution in [0, 0.1) is 0 Å². The lowest BCUT2D eigenvalue weighted by molar-refractivity contribution is 0.102. The fraction of sp³-hybridized carbons (Fsp3) is 0. The van der Waals surface area contributed by atoms with E-state index in [0.29, 0.717) is 22.7 Å². The number of rotatable bonds is 6. The lowest BCUT2D eigenvalue weighted by Crippen LogP contribution is -2.11. The Morgan fingerprint density at radius 1 is 0.690 bits per heavy atom. The van der Waals surface area contributed by atoms with Crippen LogP contribution in [-0.2, 0) is 0 Å². The van der Waals surface area contributed by atoms with Crippen molar-refractivity contribution in [3.05, 3.63) is 103 Å². The molecular formula is C23H18N4O2. The summed E-state index contributed by atoms with van der Waals surface area (Å²) >= 11 is 0. The zero-order valence-corrected chi connectivity index (χ0v) is 15.4. The highest BCUT2D eigenvalue weighted by Crippen LogP contribution is 2.24. The Kier molecular flexibility index (Phi) is 5.43. The second-order valence-corrected chi connectivity index (χ2v) is 6.21. The van der Waals surface area contributed by atoms with Crippen LogP contribution in [0.2, 0.25) is 0 Å². The number of hydrogen-bond acceptors (Lipinski definition) is 5. The normalized spacial score (nSPS) is 10.2. The molecule has 2 aromatic carbocycles. The number of nitrogens with one attached hydrogen (secondary N) is 2. The summed E-state index contributed by atoms with van der Waals surface area (Å²) < 4.78 is 5.77. The molecule has 29 heavy (non-hydrogen) atoms. The zero-order chi connectivity index (χ0) is 19.9. The molecule has 0 aliphatic rings. The van der Waals surface area contributed by atoms with Crippen molar-refractivity contribution < 1.29 is 9.53 Å². The number of carbonyl (C=O) groups is 1. The van der Waals surface area contributed by atoms with E-state index in [2.05, 4.69) is 20.6 Å². The molecule has 4 aromatic rings. The van der Waals surface area contributed by atoms with Gasteiger partial charge in [-0.1, -0.05) is 6.07 Å². The van der Waals surface area contributed by atoms with Gasteiger partial charge in [-0.25, -0.2) is 0 Å². The lowest BCUT2D eigenvalue weighted by atomic mass is 10.2. The molecule has 0 fully saturated rings. The smallest absolute Gasteiger partial charge is 0.255 e. The Hall–Kier alpha value is -4.19. The monoisotopic (exact) mass is 382 g/mol. The van der Waals surface area contributed by atoms with Gasteiger partial charge in [-0.3, -0.25) is 14.8 Å². The summed E-state index contributed by atoms with van der Waals surface area (Å²) in [4.78, 5) is 20.5. The summed E-state index contributed by atoms with van der Waals surface area (Å²) in [5.74, 6) is 1.12. The van der Waals surface area contributed by atoms with Gasteiger partial charge in [-0.15, -0.1) is 0 Å². The maximum atomic E-state index is 12.6. The molecule has 2 aromatic heterocycles. The quantitative estimate of drug-likeness (QED) is 0.475. The van der Waals surface area contributed by atoms with Crippen LogP contribution in [0.15, 0.2) is 97.6 Å². The van der Waals surface area contributed by atoms with Gasteiger partial charge in [0.25, 0.3) is 5.91 Å². The Morgan fingerprint density at radius 3 is 2.07 bits per heavy atom. The molecule has 1 amide bonds.